The van der Waals surface area contributed by atoms with Gasteiger partial charge in [-0.15, -0.1) is 0 Å². The number of rotatable bonds is 12. The van der Waals surface area contributed by atoms with E-state index in [1.807, 2.05) is 26.0 Å². The van der Waals surface area contributed by atoms with Gasteiger partial charge in [0.15, 0.2) is 20.6 Å². The minimum atomic E-state index is -2.46. The number of hydrogen-bond acceptors (Lipinski definition) is 4. The minimum absolute atomic E-state index is 0. The number of phenolic OH excluding ortho intramolecular Hbond substituents is 1. The molecule has 0 heterocycles. The predicted octanol–water partition coefficient (Wildman–Crippen LogP) is 2.34. The largest absolute Gasteiger partial charge is 1.00 e. The Hall–Kier alpha value is -2.47. The van der Waals surface area contributed by atoms with Gasteiger partial charge < -0.3 is 36.3 Å². The van der Waals surface area contributed by atoms with Crippen molar-refractivity contribution in [1.82, 2.24) is 0 Å². The zero-order valence-corrected chi connectivity index (χ0v) is 27.3. The van der Waals surface area contributed by atoms with E-state index in [1.165, 1.54) is 32.6 Å². The molecule has 4 aromatic rings. The van der Waals surface area contributed by atoms with E-state index in [0.717, 1.165) is 11.1 Å². The van der Waals surface area contributed by atoms with E-state index >= 15 is 0 Å². The number of phenols is 1. The number of aryl methyl sites for hydroxylation is 3. The van der Waals surface area contributed by atoms with Crippen LogP contribution in [-0.4, -0.2) is 40.0 Å². The van der Waals surface area contributed by atoms with Gasteiger partial charge in [-0.25, -0.2) is 0 Å². The lowest BCUT2D eigenvalue weighted by molar-refractivity contribution is -0.0835. The van der Waals surface area contributed by atoms with Crippen LogP contribution in [0.25, 0.3) is 0 Å². The van der Waals surface area contributed by atoms with Gasteiger partial charge in [0.05, 0.1) is 6.23 Å². The van der Waals surface area contributed by atoms with Crippen molar-refractivity contribution in [1.29, 1.82) is 0 Å². The molecule has 0 unspecified atom stereocenters. The molecule has 0 atom stereocenters. The van der Waals surface area contributed by atoms with Crippen molar-refractivity contribution in [2.75, 3.05) is 19.4 Å². The molecule has 0 saturated carbocycles. The van der Waals surface area contributed by atoms with Gasteiger partial charge in [-0.05, 0) is 83.1 Å². The summed E-state index contributed by atoms with van der Waals surface area (Å²) in [5.41, 5.74) is 3.61. The first-order chi connectivity index (χ1) is 18.9. The Morgan fingerprint density at radius 1 is 0.675 bits per heavy atom. The molecule has 4 aromatic carbocycles. The zero-order valence-electron chi connectivity index (χ0n) is 23.9. The van der Waals surface area contributed by atoms with Gasteiger partial charge in [-0.2, -0.15) is 0 Å². The number of hydrogen-bond donors (Lipinski definition) is 1. The van der Waals surface area contributed by atoms with Gasteiger partial charge in [0.25, 0.3) is 0 Å². The topological polar surface area (TPSA) is 47.9 Å². The van der Waals surface area contributed by atoms with E-state index in [0.29, 0.717) is 29.0 Å². The molecule has 1 N–H and O–H groups in total. The SMILES string of the molecule is CCOC(OCC)[Si]COc1ccc(O)cc1[P+](c1ccc(C)cc1)(c1ccc(C)cc1)c1ccc(C)cc1.[Br-]. The standard InChI is InChI=1S/C33H37O4PSi.BrH/c1-6-35-33(36-7-2)39-23-37-31-21-14-27(34)22-32(31)38(28-15-8-24(3)9-16-28,29-17-10-25(4)11-18-29)30-19-12-26(5)13-20-30;/h8-22,33H,6-7,23H2,1-5H3;1H. The summed E-state index contributed by atoms with van der Waals surface area (Å²) in [7, 11) is -2.15. The zero-order chi connectivity index (χ0) is 27.8. The fraction of sp³-hybridized carbons (Fsp3) is 0.273. The lowest BCUT2D eigenvalue weighted by Gasteiger charge is -2.29. The molecule has 4 nitrogen and oxygen atoms in total. The summed E-state index contributed by atoms with van der Waals surface area (Å²) in [5.74, 6) is 0.700. The molecule has 0 amide bonds. The van der Waals surface area contributed by atoms with Crippen molar-refractivity contribution in [3.63, 3.8) is 0 Å². The Morgan fingerprint density at radius 2 is 1.10 bits per heavy atom. The highest BCUT2D eigenvalue weighted by Crippen LogP contribution is 2.56. The lowest BCUT2D eigenvalue weighted by Crippen LogP contribution is -3.00. The van der Waals surface area contributed by atoms with Gasteiger partial charge in [-0.1, -0.05) is 53.1 Å². The Bertz CT molecular complexity index is 1230. The van der Waals surface area contributed by atoms with Crippen molar-refractivity contribution in [3.05, 3.63) is 108 Å². The molecule has 7 heteroatoms. The average molecular weight is 638 g/mol. The lowest BCUT2D eigenvalue weighted by atomic mass is 10.2. The number of benzene rings is 4. The van der Waals surface area contributed by atoms with Crippen LogP contribution in [0.15, 0.2) is 91.0 Å². The van der Waals surface area contributed by atoms with Crippen molar-refractivity contribution < 1.29 is 36.3 Å². The van der Waals surface area contributed by atoms with E-state index in [-0.39, 0.29) is 28.6 Å². The molecule has 0 fully saturated rings. The van der Waals surface area contributed by atoms with Crippen LogP contribution in [0, 0.1) is 20.8 Å². The number of halogens is 1. The normalized spacial score (nSPS) is 11.3. The van der Waals surface area contributed by atoms with Crippen molar-refractivity contribution in [2.45, 2.75) is 40.5 Å². The summed E-state index contributed by atoms with van der Waals surface area (Å²) in [6.45, 7) is 11.4. The van der Waals surface area contributed by atoms with Crippen LogP contribution in [-0.2, 0) is 9.47 Å². The number of ether oxygens (including phenoxy) is 3. The molecule has 210 valence electrons. The maximum absolute atomic E-state index is 10.9. The smallest absolute Gasteiger partial charge is 0.166 e. The van der Waals surface area contributed by atoms with Crippen LogP contribution in [0.5, 0.6) is 11.5 Å². The van der Waals surface area contributed by atoms with Gasteiger partial charge in [-0.3, -0.25) is 0 Å². The maximum Gasteiger partial charge on any atom is 0.166 e. The van der Waals surface area contributed by atoms with Crippen LogP contribution in [0.3, 0.4) is 0 Å². The van der Waals surface area contributed by atoms with Crippen LogP contribution < -0.4 is 42.9 Å². The second kappa shape index (κ2) is 15.0. The summed E-state index contributed by atoms with van der Waals surface area (Å²) in [6.07, 6.45) is 0.456. The van der Waals surface area contributed by atoms with E-state index in [1.54, 1.807) is 6.07 Å². The van der Waals surface area contributed by atoms with Gasteiger partial charge in [0.1, 0.15) is 34.8 Å². The Balaban J connectivity index is 0.00000441. The highest BCUT2D eigenvalue weighted by molar-refractivity contribution is 8.01. The van der Waals surface area contributed by atoms with Crippen LogP contribution in [0.1, 0.15) is 30.5 Å². The monoisotopic (exact) mass is 636 g/mol. The number of aromatic hydroxyl groups is 1. The highest BCUT2D eigenvalue weighted by atomic mass is 79.9. The molecule has 40 heavy (non-hydrogen) atoms. The quantitative estimate of drug-likeness (QED) is 0.147. The van der Waals surface area contributed by atoms with E-state index < -0.39 is 7.26 Å². The molecule has 2 radical (unpaired) electrons. The van der Waals surface area contributed by atoms with E-state index in [9.17, 15) is 5.11 Å². The second-order valence-electron chi connectivity index (χ2n) is 9.56. The summed E-state index contributed by atoms with van der Waals surface area (Å²) >= 11 is 0. The van der Waals surface area contributed by atoms with Crippen molar-refractivity contribution in [2.24, 2.45) is 0 Å². The fourth-order valence-electron chi connectivity index (χ4n) is 4.72. The van der Waals surface area contributed by atoms with Gasteiger partial charge >= 0.3 is 0 Å². The molecule has 4 rings (SSSR count). The Kier molecular flexibility index (Phi) is 12.0. The van der Waals surface area contributed by atoms with Gasteiger partial charge in [0.2, 0.25) is 0 Å². The fourth-order valence-corrected chi connectivity index (χ4v) is 9.97. The summed E-state index contributed by atoms with van der Waals surface area (Å²) in [6, 6.07) is 31.9. The molecular formula is C33H38BrO4PSi. The minimum Gasteiger partial charge on any atom is -1.00 e. The Labute approximate surface area is 252 Å². The van der Waals surface area contributed by atoms with Crippen LogP contribution in [0.2, 0.25) is 0 Å². The van der Waals surface area contributed by atoms with Gasteiger partial charge in [0, 0.05) is 19.3 Å². The molecule has 0 aliphatic rings. The van der Waals surface area contributed by atoms with Crippen LogP contribution in [0.4, 0.5) is 0 Å². The first-order valence-corrected chi connectivity index (χ1v) is 16.5. The summed E-state index contributed by atoms with van der Waals surface area (Å²) < 4.78 is 18.0. The first kappa shape index (κ1) is 32.0. The van der Waals surface area contributed by atoms with Crippen molar-refractivity contribution in [3.8, 4) is 11.5 Å². The third kappa shape index (κ3) is 7.23. The molecule has 0 spiro atoms. The summed E-state index contributed by atoms with van der Waals surface area (Å²) in [4.78, 5) is 0. The second-order valence-corrected chi connectivity index (χ2v) is 14.1. The molecule has 0 saturated heterocycles. The maximum atomic E-state index is 10.9. The average Bonchev–Trinajstić information content (AvgIpc) is 2.93. The summed E-state index contributed by atoms with van der Waals surface area (Å²) in [5, 5.41) is 15.5. The Morgan fingerprint density at radius 3 is 1.50 bits per heavy atom. The van der Waals surface area contributed by atoms with Crippen LogP contribution >= 0.6 is 7.26 Å². The molecular weight excluding hydrogens is 599 g/mol. The third-order valence-corrected chi connectivity index (χ3v) is 11.9. The molecule has 0 aliphatic carbocycles. The molecule has 0 aliphatic heterocycles. The molecule has 0 bridgehead atoms. The third-order valence-electron chi connectivity index (χ3n) is 6.68. The van der Waals surface area contributed by atoms with Crippen molar-refractivity contribution >= 4 is 38.0 Å². The van der Waals surface area contributed by atoms with E-state index in [4.69, 9.17) is 14.2 Å². The first-order valence-electron chi connectivity index (χ1n) is 13.4. The predicted molar refractivity (Wildman–Crippen MR) is 165 cm³/mol. The molecule has 0 aromatic heterocycles. The highest BCUT2D eigenvalue weighted by Gasteiger charge is 2.50. The van der Waals surface area contributed by atoms with E-state index in [2.05, 4.69) is 93.6 Å².